The van der Waals surface area contributed by atoms with Crippen molar-refractivity contribution in [1.82, 2.24) is 4.31 Å². The fraction of sp³-hybridized carbons (Fsp3) is 0.316. The molecule has 1 aliphatic heterocycles. The quantitative estimate of drug-likeness (QED) is 0.847. The van der Waals surface area contributed by atoms with Gasteiger partial charge in [0, 0.05) is 18.7 Å². The molecule has 0 saturated carbocycles. The van der Waals surface area contributed by atoms with Crippen molar-refractivity contribution in [1.29, 1.82) is 0 Å². The van der Waals surface area contributed by atoms with Crippen LogP contribution in [0.1, 0.15) is 15.9 Å². The van der Waals surface area contributed by atoms with Crippen molar-refractivity contribution in [2.24, 2.45) is 0 Å². The van der Waals surface area contributed by atoms with Gasteiger partial charge in [0.2, 0.25) is 10.0 Å². The maximum absolute atomic E-state index is 12.9. The Labute approximate surface area is 158 Å². The minimum atomic E-state index is -3.67. The van der Waals surface area contributed by atoms with E-state index in [1.165, 1.54) is 23.5 Å². The minimum absolute atomic E-state index is 0.0974. The highest BCUT2D eigenvalue weighted by Crippen LogP contribution is 2.25. The standard InChI is InChI=1S/C19H22N2O5S/c1-14-7-8-15(27(23,24)21-9-11-26-12-10-21)13-16(14)19(22)20-17-5-3-4-6-18(17)25-2/h3-8,13H,9-12H2,1-2H3,(H,20,22). The molecule has 1 N–H and O–H groups in total. The molecule has 1 aliphatic rings. The predicted molar refractivity (Wildman–Crippen MR) is 102 cm³/mol. The van der Waals surface area contributed by atoms with Crippen molar-refractivity contribution in [2.75, 3.05) is 38.7 Å². The second-order valence-electron chi connectivity index (χ2n) is 6.15. The van der Waals surface area contributed by atoms with E-state index in [2.05, 4.69) is 5.32 Å². The number of nitrogens with one attached hydrogen (secondary N) is 1. The van der Waals surface area contributed by atoms with Crippen LogP contribution in [-0.4, -0.2) is 52.0 Å². The van der Waals surface area contributed by atoms with Crippen molar-refractivity contribution in [2.45, 2.75) is 11.8 Å². The van der Waals surface area contributed by atoms with E-state index < -0.39 is 15.9 Å². The summed E-state index contributed by atoms with van der Waals surface area (Å²) in [6.45, 7) is 3.11. The first-order chi connectivity index (χ1) is 12.9. The van der Waals surface area contributed by atoms with E-state index in [1.54, 1.807) is 37.3 Å². The Morgan fingerprint density at radius 1 is 1.15 bits per heavy atom. The van der Waals surface area contributed by atoms with E-state index in [0.717, 1.165) is 0 Å². The van der Waals surface area contributed by atoms with Gasteiger partial charge in [0.05, 0.1) is 30.9 Å². The first-order valence-corrected chi connectivity index (χ1v) is 10.0. The molecule has 0 unspecified atom stereocenters. The highest BCUT2D eigenvalue weighted by atomic mass is 32.2. The lowest BCUT2D eigenvalue weighted by Crippen LogP contribution is -2.40. The number of nitrogens with zero attached hydrogens (tertiary/aromatic N) is 1. The maximum atomic E-state index is 12.9. The topological polar surface area (TPSA) is 84.9 Å². The van der Waals surface area contributed by atoms with Gasteiger partial charge in [-0.15, -0.1) is 0 Å². The molecule has 2 aromatic carbocycles. The van der Waals surface area contributed by atoms with Crippen LogP contribution in [0.5, 0.6) is 5.75 Å². The van der Waals surface area contributed by atoms with E-state index >= 15 is 0 Å². The number of amides is 1. The minimum Gasteiger partial charge on any atom is -0.495 e. The third-order valence-electron chi connectivity index (χ3n) is 4.42. The smallest absolute Gasteiger partial charge is 0.256 e. The number of morpholine rings is 1. The summed E-state index contributed by atoms with van der Waals surface area (Å²) < 4.78 is 37.5. The van der Waals surface area contributed by atoms with Gasteiger partial charge in [0.1, 0.15) is 5.75 Å². The van der Waals surface area contributed by atoms with Crippen molar-refractivity contribution in [3.63, 3.8) is 0 Å². The van der Waals surface area contributed by atoms with Gasteiger partial charge in [-0.1, -0.05) is 18.2 Å². The van der Waals surface area contributed by atoms with Crippen LogP contribution in [0.15, 0.2) is 47.4 Å². The number of para-hydroxylation sites is 2. The first kappa shape index (κ1) is 19.3. The molecule has 0 aromatic heterocycles. The molecule has 1 saturated heterocycles. The van der Waals surface area contributed by atoms with Crippen molar-refractivity contribution < 1.29 is 22.7 Å². The van der Waals surface area contributed by atoms with E-state index in [1.807, 2.05) is 0 Å². The molecular formula is C19H22N2O5S. The Morgan fingerprint density at radius 2 is 1.85 bits per heavy atom. The SMILES string of the molecule is COc1ccccc1NC(=O)c1cc(S(=O)(=O)N2CCOCC2)ccc1C. The number of sulfonamides is 1. The molecule has 0 bridgehead atoms. The summed E-state index contributed by atoms with van der Waals surface area (Å²) >= 11 is 0. The lowest BCUT2D eigenvalue weighted by molar-refractivity contribution is 0.0730. The number of carbonyl (C=O) groups excluding carboxylic acids is 1. The largest absolute Gasteiger partial charge is 0.495 e. The number of rotatable bonds is 5. The lowest BCUT2D eigenvalue weighted by Gasteiger charge is -2.26. The molecule has 0 radical (unpaired) electrons. The zero-order valence-electron chi connectivity index (χ0n) is 15.3. The van der Waals surface area contributed by atoms with E-state index in [4.69, 9.17) is 9.47 Å². The summed E-state index contributed by atoms with van der Waals surface area (Å²) in [6.07, 6.45) is 0. The second kappa shape index (κ2) is 8.08. The predicted octanol–water partition coefficient (Wildman–Crippen LogP) is 2.28. The van der Waals surface area contributed by atoms with Crippen LogP contribution in [0.4, 0.5) is 5.69 Å². The van der Waals surface area contributed by atoms with Gasteiger partial charge in [-0.2, -0.15) is 4.31 Å². The van der Waals surface area contributed by atoms with Gasteiger partial charge in [0.25, 0.3) is 5.91 Å². The lowest BCUT2D eigenvalue weighted by atomic mass is 10.1. The average molecular weight is 390 g/mol. The Kier molecular flexibility index (Phi) is 5.79. The molecule has 3 rings (SSSR count). The van der Waals surface area contributed by atoms with Crippen LogP contribution < -0.4 is 10.1 Å². The molecule has 27 heavy (non-hydrogen) atoms. The number of carbonyl (C=O) groups is 1. The van der Waals surface area contributed by atoms with Gasteiger partial charge in [-0.25, -0.2) is 8.42 Å². The number of hydrogen-bond donors (Lipinski definition) is 1. The summed E-state index contributed by atoms with van der Waals surface area (Å²) in [5.74, 6) is 0.136. The van der Waals surface area contributed by atoms with E-state index in [9.17, 15) is 13.2 Å². The summed E-state index contributed by atoms with van der Waals surface area (Å²) in [4.78, 5) is 12.9. The highest BCUT2D eigenvalue weighted by Gasteiger charge is 2.27. The third-order valence-corrected chi connectivity index (χ3v) is 6.31. The third kappa shape index (κ3) is 4.13. The van der Waals surface area contributed by atoms with E-state index in [0.29, 0.717) is 48.9 Å². The van der Waals surface area contributed by atoms with Crippen LogP contribution in [0.2, 0.25) is 0 Å². The number of hydrogen-bond acceptors (Lipinski definition) is 5. The number of ether oxygens (including phenoxy) is 2. The summed E-state index contributed by atoms with van der Waals surface area (Å²) in [5.41, 5.74) is 1.50. The van der Waals surface area contributed by atoms with Crippen LogP contribution in [-0.2, 0) is 14.8 Å². The first-order valence-electron chi connectivity index (χ1n) is 8.56. The molecule has 0 spiro atoms. The zero-order valence-corrected chi connectivity index (χ0v) is 16.1. The van der Waals surface area contributed by atoms with Gasteiger partial charge in [-0.05, 0) is 36.8 Å². The van der Waals surface area contributed by atoms with Gasteiger partial charge < -0.3 is 14.8 Å². The molecule has 0 atom stereocenters. The molecule has 144 valence electrons. The van der Waals surface area contributed by atoms with Gasteiger partial charge in [0.15, 0.2) is 0 Å². The summed E-state index contributed by atoms with van der Waals surface area (Å²) in [5, 5.41) is 2.78. The number of aryl methyl sites for hydroxylation is 1. The fourth-order valence-electron chi connectivity index (χ4n) is 2.88. The van der Waals surface area contributed by atoms with Crippen molar-refractivity contribution in [3.8, 4) is 5.75 Å². The van der Waals surface area contributed by atoms with Crippen LogP contribution in [0.3, 0.4) is 0 Å². The van der Waals surface area contributed by atoms with Crippen LogP contribution in [0, 0.1) is 6.92 Å². The second-order valence-corrected chi connectivity index (χ2v) is 8.09. The monoisotopic (exact) mass is 390 g/mol. The Bertz CT molecular complexity index is 937. The number of methoxy groups -OCH3 is 1. The molecule has 2 aromatic rings. The molecule has 1 amide bonds. The van der Waals surface area contributed by atoms with Crippen molar-refractivity contribution >= 4 is 21.6 Å². The zero-order chi connectivity index (χ0) is 19.4. The molecule has 0 aliphatic carbocycles. The number of benzene rings is 2. The summed E-state index contributed by atoms with van der Waals surface area (Å²) in [6, 6.07) is 11.6. The Hall–Kier alpha value is -2.42. The average Bonchev–Trinajstić information content (AvgIpc) is 2.69. The molecular weight excluding hydrogens is 368 g/mol. The van der Waals surface area contributed by atoms with Crippen molar-refractivity contribution in [3.05, 3.63) is 53.6 Å². The normalized spacial score (nSPS) is 15.3. The number of anilines is 1. The molecule has 7 nitrogen and oxygen atoms in total. The molecule has 1 heterocycles. The van der Waals surface area contributed by atoms with Crippen LogP contribution >= 0.6 is 0 Å². The van der Waals surface area contributed by atoms with Gasteiger partial charge >= 0.3 is 0 Å². The van der Waals surface area contributed by atoms with Crippen LogP contribution in [0.25, 0.3) is 0 Å². The molecule has 8 heteroatoms. The highest BCUT2D eigenvalue weighted by molar-refractivity contribution is 7.89. The van der Waals surface area contributed by atoms with Gasteiger partial charge in [-0.3, -0.25) is 4.79 Å². The Morgan fingerprint density at radius 3 is 2.56 bits per heavy atom. The maximum Gasteiger partial charge on any atom is 0.256 e. The summed E-state index contributed by atoms with van der Waals surface area (Å²) in [7, 11) is -2.15. The van der Waals surface area contributed by atoms with E-state index in [-0.39, 0.29) is 4.90 Å². The Balaban J connectivity index is 1.90. The fourth-order valence-corrected chi connectivity index (χ4v) is 4.31. The molecule has 1 fully saturated rings.